The van der Waals surface area contributed by atoms with Crippen LogP contribution in [0.2, 0.25) is 0 Å². The third kappa shape index (κ3) is 5.37. The first kappa shape index (κ1) is 23.5. The van der Waals surface area contributed by atoms with Crippen molar-refractivity contribution in [2.24, 2.45) is 0 Å². The summed E-state index contributed by atoms with van der Waals surface area (Å²) in [7, 11) is 0. The van der Waals surface area contributed by atoms with Crippen molar-refractivity contribution in [2.45, 2.75) is 44.4 Å². The van der Waals surface area contributed by atoms with Crippen LogP contribution < -0.4 is 5.32 Å². The van der Waals surface area contributed by atoms with Gasteiger partial charge in [0.15, 0.2) is 0 Å². The largest absolute Gasteiger partial charge is 0.459 e. The molecule has 0 heterocycles. The molecule has 164 valence electrons. The lowest BCUT2D eigenvalue weighted by atomic mass is 9.96. The molecule has 4 nitrogen and oxygen atoms in total. The highest BCUT2D eigenvalue weighted by molar-refractivity contribution is 5.85. The summed E-state index contributed by atoms with van der Waals surface area (Å²) in [5.41, 5.74) is 4.10. The highest BCUT2D eigenvalue weighted by atomic mass is 35.5. The maximum Gasteiger partial charge on any atom is 0.326 e. The summed E-state index contributed by atoms with van der Waals surface area (Å²) in [6.07, 6.45) is 3.65. The number of hydrogen-bond donors (Lipinski definition) is 1. The minimum absolute atomic E-state index is 0. The molecule has 0 bridgehead atoms. The Labute approximate surface area is 195 Å². The summed E-state index contributed by atoms with van der Waals surface area (Å²) >= 11 is 0. The molecule has 0 unspecified atom stereocenters. The van der Waals surface area contributed by atoms with E-state index in [1.165, 1.54) is 0 Å². The molecule has 0 saturated heterocycles. The number of nitriles is 1. The highest BCUT2D eigenvalue weighted by Gasteiger charge is 2.42. The molecule has 32 heavy (non-hydrogen) atoms. The zero-order valence-electron chi connectivity index (χ0n) is 17.9. The van der Waals surface area contributed by atoms with E-state index in [1.54, 1.807) is 0 Å². The van der Waals surface area contributed by atoms with Gasteiger partial charge in [-0.2, -0.15) is 5.26 Å². The SMILES string of the molecule is Cl.N#Cc1ccccc1-c1ccc(CNC2(C(=O)OCc3ccccc3)CCCC2)cc1. The van der Waals surface area contributed by atoms with E-state index in [9.17, 15) is 10.1 Å². The molecule has 0 aliphatic heterocycles. The number of esters is 1. The Hall–Kier alpha value is -3.13. The molecule has 1 fully saturated rings. The average Bonchev–Trinajstić information content (AvgIpc) is 3.32. The van der Waals surface area contributed by atoms with Crippen LogP contribution >= 0.6 is 12.4 Å². The maximum absolute atomic E-state index is 13.0. The minimum Gasteiger partial charge on any atom is -0.459 e. The second-order valence-electron chi connectivity index (χ2n) is 8.06. The van der Waals surface area contributed by atoms with Crippen LogP contribution in [-0.4, -0.2) is 11.5 Å². The Morgan fingerprint density at radius 1 is 0.906 bits per heavy atom. The molecule has 0 amide bonds. The third-order valence-corrected chi connectivity index (χ3v) is 6.00. The zero-order chi connectivity index (χ0) is 21.5. The van der Waals surface area contributed by atoms with Crippen molar-refractivity contribution < 1.29 is 9.53 Å². The standard InChI is InChI=1S/C27H26N2O2.ClH/c28-18-24-10-4-5-11-25(24)23-14-12-21(13-15-23)19-29-27(16-6-7-17-27)26(30)31-20-22-8-2-1-3-9-22;/h1-5,8-15,29H,6-7,16-17,19-20H2;1H. The number of ether oxygens (including phenoxy) is 1. The van der Waals surface area contributed by atoms with Gasteiger partial charge in [-0.05, 0) is 41.2 Å². The van der Waals surface area contributed by atoms with Crippen LogP contribution in [0.1, 0.15) is 42.4 Å². The van der Waals surface area contributed by atoms with Gasteiger partial charge >= 0.3 is 5.97 Å². The number of carbonyl (C=O) groups is 1. The van der Waals surface area contributed by atoms with E-state index >= 15 is 0 Å². The monoisotopic (exact) mass is 446 g/mol. The summed E-state index contributed by atoms with van der Waals surface area (Å²) < 4.78 is 5.67. The fourth-order valence-electron chi connectivity index (χ4n) is 4.20. The molecule has 1 N–H and O–H groups in total. The van der Waals surface area contributed by atoms with Crippen molar-refractivity contribution in [3.05, 3.63) is 95.6 Å². The summed E-state index contributed by atoms with van der Waals surface area (Å²) in [6.45, 7) is 0.900. The van der Waals surface area contributed by atoms with Crippen molar-refractivity contribution in [3.8, 4) is 17.2 Å². The number of halogens is 1. The van der Waals surface area contributed by atoms with Gasteiger partial charge in [0.25, 0.3) is 0 Å². The normalized spacial score (nSPS) is 14.2. The van der Waals surface area contributed by atoms with Crippen molar-refractivity contribution in [1.82, 2.24) is 5.32 Å². The molecule has 1 saturated carbocycles. The zero-order valence-corrected chi connectivity index (χ0v) is 18.7. The van der Waals surface area contributed by atoms with Crippen LogP contribution in [0.4, 0.5) is 0 Å². The third-order valence-electron chi connectivity index (χ3n) is 6.00. The van der Waals surface area contributed by atoms with Gasteiger partial charge in [-0.3, -0.25) is 10.1 Å². The van der Waals surface area contributed by atoms with Gasteiger partial charge in [-0.15, -0.1) is 12.4 Å². The van der Waals surface area contributed by atoms with Gasteiger partial charge in [0.1, 0.15) is 12.1 Å². The van der Waals surface area contributed by atoms with E-state index < -0.39 is 5.54 Å². The van der Waals surface area contributed by atoms with Gasteiger partial charge in [-0.1, -0.05) is 85.6 Å². The van der Waals surface area contributed by atoms with E-state index in [2.05, 4.69) is 23.5 Å². The van der Waals surface area contributed by atoms with Crippen LogP contribution in [0.25, 0.3) is 11.1 Å². The van der Waals surface area contributed by atoms with Gasteiger partial charge in [0, 0.05) is 6.54 Å². The Kier molecular flexibility index (Phi) is 8.05. The fraction of sp³-hybridized carbons (Fsp3) is 0.259. The molecule has 0 radical (unpaired) electrons. The molecule has 3 aromatic carbocycles. The topological polar surface area (TPSA) is 62.1 Å². The number of rotatable bonds is 7. The van der Waals surface area contributed by atoms with Crippen molar-refractivity contribution in [2.75, 3.05) is 0 Å². The lowest BCUT2D eigenvalue weighted by molar-refractivity contribution is -0.153. The van der Waals surface area contributed by atoms with Crippen LogP contribution in [0.15, 0.2) is 78.9 Å². The highest BCUT2D eigenvalue weighted by Crippen LogP contribution is 2.32. The molecule has 0 aromatic heterocycles. The maximum atomic E-state index is 13.0. The van der Waals surface area contributed by atoms with Crippen LogP contribution in [0, 0.1) is 11.3 Å². The predicted octanol–water partition coefficient (Wildman–Crippen LogP) is 5.79. The smallest absolute Gasteiger partial charge is 0.326 e. The second-order valence-corrected chi connectivity index (χ2v) is 8.06. The summed E-state index contributed by atoms with van der Waals surface area (Å²) in [5.74, 6) is -0.159. The van der Waals surface area contributed by atoms with Crippen molar-refractivity contribution in [1.29, 1.82) is 5.26 Å². The lowest BCUT2D eigenvalue weighted by Gasteiger charge is -2.28. The lowest BCUT2D eigenvalue weighted by Crippen LogP contribution is -2.50. The van der Waals surface area contributed by atoms with E-state index in [0.717, 1.165) is 47.9 Å². The minimum atomic E-state index is -0.610. The number of benzene rings is 3. The number of nitrogens with zero attached hydrogens (tertiary/aromatic N) is 1. The predicted molar refractivity (Wildman–Crippen MR) is 128 cm³/mol. The van der Waals surface area contributed by atoms with Gasteiger partial charge < -0.3 is 4.74 Å². The Morgan fingerprint density at radius 3 is 2.25 bits per heavy atom. The number of carbonyl (C=O) groups excluding carboxylic acids is 1. The fourth-order valence-corrected chi connectivity index (χ4v) is 4.20. The first-order valence-electron chi connectivity index (χ1n) is 10.7. The quantitative estimate of drug-likeness (QED) is 0.466. The first-order valence-corrected chi connectivity index (χ1v) is 10.7. The Morgan fingerprint density at radius 2 is 1.56 bits per heavy atom. The molecule has 0 spiro atoms. The summed E-state index contributed by atoms with van der Waals surface area (Å²) in [5, 5.41) is 12.8. The summed E-state index contributed by atoms with van der Waals surface area (Å²) in [4.78, 5) is 13.0. The van der Waals surface area contributed by atoms with Gasteiger partial charge in [0.05, 0.1) is 11.6 Å². The van der Waals surface area contributed by atoms with Gasteiger partial charge in [0.2, 0.25) is 0 Å². The Bertz CT molecular complexity index is 1070. The average molecular weight is 447 g/mol. The molecular weight excluding hydrogens is 420 g/mol. The van der Waals surface area contributed by atoms with Crippen LogP contribution in [0.5, 0.6) is 0 Å². The molecule has 4 rings (SSSR count). The molecular formula is C27H27ClN2O2. The molecule has 3 aromatic rings. The van der Waals surface area contributed by atoms with Crippen LogP contribution in [0.3, 0.4) is 0 Å². The van der Waals surface area contributed by atoms with Crippen molar-refractivity contribution in [3.63, 3.8) is 0 Å². The summed E-state index contributed by atoms with van der Waals surface area (Å²) in [6, 6.07) is 27.8. The van der Waals surface area contributed by atoms with E-state index in [-0.39, 0.29) is 18.4 Å². The molecule has 1 aliphatic rings. The number of nitrogens with one attached hydrogen (secondary N) is 1. The number of hydrogen-bond acceptors (Lipinski definition) is 4. The van der Waals surface area contributed by atoms with E-state index in [4.69, 9.17) is 4.74 Å². The molecule has 5 heteroatoms. The van der Waals surface area contributed by atoms with Gasteiger partial charge in [-0.25, -0.2) is 0 Å². The van der Waals surface area contributed by atoms with Crippen molar-refractivity contribution >= 4 is 18.4 Å². The van der Waals surface area contributed by atoms with E-state index in [1.807, 2.05) is 66.7 Å². The molecule has 0 atom stereocenters. The second kappa shape index (κ2) is 10.9. The molecule has 1 aliphatic carbocycles. The van der Waals surface area contributed by atoms with Crippen LogP contribution in [-0.2, 0) is 22.7 Å². The van der Waals surface area contributed by atoms with E-state index in [0.29, 0.717) is 18.7 Å². The first-order chi connectivity index (χ1) is 15.2. The Balaban J connectivity index is 0.00000289.